The Morgan fingerprint density at radius 2 is 1.94 bits per heavy atom. The molecule has 1 aromatic carbocycles. The fourth-order valence-electron chi connectivity index (χ4n) is 1.73. The monoisotopic (exact) mass is 238 g/mol. The first-order valence-electron chi connectivity index (χ1n) is 4.82. The maximum absolute atomic E-state index is 11.5. The SMILES string of the molecule is COc1ccc2c(C)c(Cl)c(=O)oc2c1C. The Hall–Kier alpha value is -1.48. The predicted octanol–water partition coefficient (Wildman–Crippen LogP) is 3.07. The van der Waals surface area contributed by atoms with E-state index in [1.54, 1.807) is 14.0 Å². The average molecular weight is 239 g/mol. The van der Waals surface area contributed by atoms with E-state index in [2.05, 4.69) is 0 Å². The van der Waals surface area contributed by atoms with E-state index in [0.717, 1.165) is 16.5 Å². The van der Waals surface area contributed by atoms with Gasteiger partial charge in [-0.05, 0) is 31.5 Å². The molecule has 0 aliphatic heterocycles. The summed E-state index contributed by atoms with van der Waals surface area (Å²) in [6.45, 7) is 3.64. The third-order valence-corrected chi connectivity index (χ3v) is 3.12. The van der Waals surface area contributed by atoms with Gasteiger partial charge in [0.25, 0.3) is 0 Å². The number of hydrogen-bond donors (Lipinski definition) is 0. The Balaban J connectivity index is 2.96. The van der Waals surface area contributed by atoms with Gasteiger partial charge in [0.05, 0.1) is 7.11 Å². The van der Waals surface area contributed by atoms with Gasteiger partial charge in [0.2, 0.25) is 0 Å². The summed E-state index contributed by atoms with van der Waals surface area (Å²) < 4.78 is 10.3. The smallest absolute Gasteiger partial charge is 0.355 e. The predicted molar refractivity (Wildman–Crippen MR) is 63.5 cm³/mol. The molecule has 4 heteroatoms. The Morgan fingerprint density at radius 3 is 2.56 bits per heavy atom. The van der Waals surface area contributed by atoms with Gasteiger partial charge in [0.15, 0.2) is 0 Å². The number of fused-ring (bicyclic) bond motifs is 1. The lowest BCUT2D eigenvalue weighted by Gasteiger charge is -2.08. The zero-order valence-corrected chi connectivity index (χ0v) is 10.0. The van der Waals surface area contributed by atoms with Crippen LogP contribution in [0.3, 0.4) is 0 Å². The van der Waals surface area contributed by atoms with Crippen molar-refractivity contribution in [3.63, 3.8) is 0 Å². The second-order valence-electron chi connectivity index (χ2n) is 3.60. The van der Waals surface area contributed by atoms with Gasteiger partial charge >= 0.3 is 5.63 Å². The number of halogens is 1. The molecule has 0 saturated carbocycles. The van der Waals surface area contributed by atoms with Crippen LogP contribution in [0.15, 0.2) is 21.3 Å². The Bertz CT molecular complexity index is 614. The first-order valence-corrected chi connectivity index (χ1v) is 5.20. The summed E-state index contributed by atoms with van der Waals surface area (Å²) in [5.74, 6) is 0.692. The van der Waals surface area contributed by atoms with Crippen LogP contribution in [0.1, 0.15) is 11.1 Å². The molecule has 0 radical (unpaired) electrons. The molecule has 3 nitrogen and oxygen atoms in total. The van der Waals surface area contributed by atoms with Crippen LogP contribution in [0.5, 0.6) is 5.75 Å². The molecule has 2 rings (SSSR count). The van der Waals surface area contributed by atoms with Crippen LogP contribution >= 0.6 is 11.6 Å². The van der Waals surface area contributed by atoms with Crippen molar-refractivity contribution in [1.82, 2.24) is 0 Å². The van der Waals surface area contributed by atoms with Crippen LogP contribution in [-0.2, 0) is 0 Å². The maximum Gasteiger partial charge on any atom is 0.355 e. The standard InChI is InChI=1S/C12H11ClO3/c1-6-8-4-5-9(15-3)7(2)11(8)16-12(14)10(6)13/h4-5H,1-3H3. The number of hydrogen-bond acceptors (Lipinski definition) is 3. The molecule has 0 spiro atoms. The normalized spacial score (nSPS) is 10.8. The van der Waals surface area contributed by atoms with E-state index < -0.39 is 5.63 Å². The van der Waals surface area contributed by atoms with Crippen LogP contribution in [0.4, 0.5) is 0 Å². The molecule has 0 bridgehead atoms. The molecule has 84 valence electrons. The molecular weight excluding hydrogens is 228 g/mol. The van der Waals surface area contributed by atoms with Gasteiger partial charge in [-0.25, -0.2) is 4.79 Å². The highest BCUT2D eigenvalue weighted by atomic mass is 35.5. The number of ether oxygens (including phenoxy) is 1. The maximum atomic E-state index is 11.5. The third-order valence-electron chi connectivity index (χ3n) is 2.68. The third kappa shape index (κ3) is 1.48. The first-order chi connectivity index (χ1) is 7.56. The van der Waals surface area contributed by atoms with Crippen LogP contribution in [-0.4, -0.2) is 7.11 Å². The van der Waals surface area contributed by atoms with Crippen molar-refractivity contribution >= 4 is 22.6 Å². The van der Waals surface area contributed by atoms with Crippen LogP contribution in [0.25, 0.3) is 11.0 Å². The summed E-state index contributed by atoms with van der Waals surface area (Å²) >= 11 is 5.85. The van der Waals surface area contributed by atoms with Gasteiger partial charge in [0, 0.05) is 10.9 Å². The lowest BCUT2D eigenvalue weighted by atomic mass is 10.1. The van der Waals surface area contributed by atoms with E-state index in [1.807, 2.05) is 19.1 Å². The summed E-state index contributed by atoms with van der Waals surface area (Å²) in [6, 6.07) is 3.67. The zero-order valence-electron chi connectivity index (χ0n) is 9.26. The van der Waals surface area contributed by atoms with E-state index in [4.69, 9.17) is 20.8 Å². The molecule has 0 amide bonds. The van der Waals surface area contributed by atoms with Crippen LogP contribution in [0.2, 0.25) is 5.02 Å². The van der Waals surface area contributed by atoms with Crippen LogP contribution in [0, 0.1) is 13.8 Å². The van der Waals surface area contributed by atoms with Gasteiger partial charge < -0.3 is 9.15 Å². The van der Waals surface area contributed by atoms with Gasteiger partial charge in [0.1, 0.15) is 16.4 Å². The Labute approximate surface area is 97.6 Å². The van der Waals surface area contributed by atoms with Crippen molar-refractivity contribution in [3.05, 3.63) is 38.7 Å². The van der Waals surface area contributed by atoms with Crippen molar-refractivity contribution in [2.75, 3.05) is 7.11 Å². The largest absolute Gasteiger partial charge is 0.496 e. The molecule has 0 saturated heterocycles. The van der Waals surface area contributed by atoms with Gasteiger partial charge in [-0.1, -0.05) is 11.6 Å². The molecule has 0 fully saturated rings. The minimum Gasteiger partial charge on any atom is -0.496 e. The Morgan fingerprint density at radius 1 is 1.25 bits per heavy atom. The second kappa shape index (κ2) is 3.83. The van der Waals surface area contributed by atoms with E-state index in [0.29, 0.717) is 11.3 Å². The molecule has 2 aromatic rings. The molecule has 1 heterocycles. The van der Waals surface area contributed by atoms with Crippen molar-refractivity contribution in [1.29, 1.82) is 0 Å². The minimum atomic E-state index is -0.511. The molecule has 0 unspecified atom stereocenters. The number of methoxy groups -OCH3 is 1. The van der Waals surface area contributed by atoms with E-state index in [9.17, 15) is 4.79 Å². The van der Waals surface area contributed by atoms with Crippen molar-refractivity contribution in [2.24, 2.45) is 0 Å². The first kappa shape index (κ1) is 11.0. The summed E-state index contributed by atoms with van der Waals surface area (Å²) in [5.41, 5.74) is 1.56. The van der Waals surface area contributed by atoms with Crippen molar-refractivity contribution in [2.45, 2.75) is 13.8 Å². The molecule has 0 aliphatic rings. The average Bonchev–Trinajstić information content (AvgIpc) is 2.28. The summed E-state index contributed by atoms with van der Waals surface area (Å²) in [4.78, 5) is 11.5. The molecule has 1 aromatic heterocycles. The molecule has 0 N–H and O–H groups in total. The number of aryl methyl sites for hydroxylation is 2. The Kier molecular flexibility index (Phi) is 2.64. The van der Waals surface area contributed by atoms with E-state index in [1.165, 1.54) is 0 Å². The summed E-state index contributed by atoms with van der Waals surface area (Å²) in [7, 11) is 1.58. The highest BCUT2D eigenvalue weighted by Gasteiger charge is 2.13. The van der Waals surface area contributed by atoms with E-state index >= 15 is 0 Å². The molecule has 0 atom stereocenters. The molecule has 0 aliphatic carbocycles. The number of benzene rings is 1. The van der Waals surface area contributed by atoms with Gasteiger partial charge in [-0.3, -0.25) is 0 Å². The van der Waals surface area contributed by atoms with Crippen LogP contribution < -0.4 is 10.4 Å². The quantitative estimate of drug-likeness (QED) is 0.717. The molecular formula is C12H11ClO3. The van der Waals surface area contributed by atoms with Gasteiger partial charge in [-0.15, -0.1) is 0 Å². The number of rotatable bonds is 1. The van der Waals surface area contributed by atoms with Crippen molar-refractivity contribution < 1.29 is 9.15 Å². The lowest BCUT2D eigenvalue weighted by molar-refractivity contribution is 0.410. The fraction of sp³-hybridized carbons (Fsp3) is 0.250. The van der Waals surface area contributed by atoms with E-state index in [-0.39, 0.29) is 5.02 Å². The summed E-state index contributed by atoms with van der Waals surface area (Å²) in [5, 5.41) is 0.972. The zero-order chi connectivity index (χ0) is 11.9. The van der Waals surface area contributed by atoms with Crippen molar-refractivity contribution in [3.8, 4) is 5.75 Å². The fourth-order valence-corrected chi connectivity index (χ4v) is 1.87. The highest BCUT2D eigenvalue weighted by molar-refractivity contribution is 6.31. The minimum absolute atomic E-state index is 0.136. The molecule has 16 heavy (non-hydrogen) atoms. The highest BCUT2D eigenvalue weighted by Crippen LogP contribution is 2.30. The topological polar surface area (TPSA) is 39.4 Å². The second-order valence-corrected chi connectivity index (χ2v) is 3.98. The lowest BCUT2D eigenvalue weighted by Crippen LogP contribution is -2.03. The van der Waals surface area contributed by atoms with Gasteiger partial charge in [-0.2, -0.15) is 0 Å². The summed E-state index contributed by atoms with van der Waals surface area (Å²) in [6.07, 6.45) is 0.